The molecule has 1 aromatic rings. The molecule has 0 atom stereocenters. The van der Waals surface area contributed by atoms with E-state index < -0.39 is 0 Å². The maximum Gasteiger partial charge on any atom is 0.319 e. The van der Waals surface area contributed by atoms with E-state index in [2.05, 4.69) is 0 Å². The number of piperazine rings is 1. The molecular formula is C15H20ClN3O3. The maximum atomic E-state index is 12.1. The van der Waals surface area contributed by atoms with Gasteiger partial charge in [0.1, 0.15) is 5.75 Å². The van der Waals surface area contributed by atoms with Crippen LogP contribution in [0.2, 0.25) is 5.02 Å². The summed E-state index contributed by atoms with van der Waals surface area (Å²) in [6.45, 7) is 2.14. The SMILES string of the molecule is CN(C)C(=O)N1CCN(C(=O)COc2ccc(Cl)cc2)CC1. The Morgan fingerprint density at radius 1 is 1.09 bits per heavy atom. The lowest BCUT2D eigenvalue weighted by molar-refractivity contribution is -0.134. The molecule has 1 aromatic carbocycles. The number of hydrogen-bond donors (Lipinski definition) is 0. The number of carbonyl (C=O) groups excluding carboxylic acids is 2. The Kier molecular flexibility index (Phi) is 5.49. The van der Waals surface area contributed by atoms with Gasteiger partial charge in [-0.05, 0) is 24.3 Å². The van der Waals surface area contributed by atoms with Crippen LogP contribution in [-0.4, -0.2) is 73.5 Å². The molecule has 7 heteroatoms. The van der Waals surface area contributed by atoms with Crippen LogP contribution in [0.3, 0.4) is 0 Å². The summed E-state index contributed by atoms with van der Waals surface area (Å²) in [6.07, 6.45) is 0. The molecule has 1 aliphatic heterocycles. The number of hydrogen-bond acceptors (Lipinski definition) is 3. The highest BCUT2D eigenvalue weighted by Gasteiger charge is 2.24. The van der Waals surface area contributed by atoms with E-state index in [9.17, 15) is 9.59 Å². The molecule has 0 radical (unpaired) electrons. The van der Waals surface area contributed by atoms with Crippen molar-refractivity contribution in [1.29, 1.82) is 0 Å². The normalized spacial score (nSPS) is 14.7. The first-order valence-electron chi connectivity index (χ1n) is 7.10. The van der Waals surface area contributed by atoms with Gasteiger partial charge >= 0.3 is 6.03 Å². The number of halogens is 1. The van der Waals surface area contributed by atoms with Crippen LogP contribution in [0.25, 0.3) is 0 Å². The summed E-state index contributed by atoms with van der Waals surface area (Å²) in [5.74, 6) is 0.533. The van der Waals surface area contributed by atoms with Crippen LogP contribution in [0, 0.1) is 0 Å². The average Bonchev–Trinajstić information content (AvgIpc) is 2.53. The summed E-state index contributed by atoms with van der Waals surface area (Å²) >= 11 is 5.79. The Bertz CT molecular complexity index is 525. The molecule has 1 fully saturated rings. The minimum absolute atomic E-state index is 0.0107. The van der Waals surface area contributed by atoms with Crippen molar-refractivity contribution in [1.82, 2.24) is 14.7 Å². The number of benzene rings is 1. The van der Waals surface area contributed by atoms with Crippen molar-refractivity contribution in [2.45, 2.75) is 0 Å². The zero-order chi connectivity index (χ0) is 16.1. The Balaban J connectivity index is 1.77. The Morgan fingerprint density at radius 3 is 2.18 bits per heavy atom. The molecule has 0 unspecified atom stereocenters. The van der Waals surface area contributed by atoms with Crippen molar-refractivity contribution in [3.05, 3.63) is 29.3 Å². The van der Waals surface area contributed by atoms with Crippen LogP contribution < -0.4 is 4.74 Å². The van der Waals surface area contributed by atoms with Gasteiger partial charge in [-0.2, -0.15) is 0 Å². The van der Waals surface area contributed by atoms with Crippen molar-refractivity contribution < 1.29 is 14.3 Å². The van der Waals surface area contributed by atoms with Crippen molar-refractivity contribution in [2.24, 2.45) is 0 Å². The quantitative estimate of drug-likeness (QED) is 0.847. The number of urea groups is 1. The summed E-state index contributed by atoms with van der Waals surface area (Å²) in [7, 11) is 3.44. The molecule has 0 aromatic heterocycles. The predicted octanol–water partition coefficient (Wildman–Crippen LogP) is 1.54. The molecule has 6 nitrogen and oxygen atoms in total. The van der Waals surface area contributed by atoms with Crippen LogP contribution in [-0.2, 0) is 4.79 Å². The third-order valence-electron chi connectivity index (χ3n) is 3.46. The summed E-state index contributed by atoms with van der Waals surface area (Å²) in [5.41, 5.74) is 0. The fourth-order valence-corrected chi connectivity index (χ4v) is 2.32. The van der Waals surface area contributed by atoms with Crippen LogP contribution in [0.5, 0.6) is 5.75 Å². The second-order valence-corrected chi connectivity index (χ2v) is 5.72. The molecule has 0 spiro atoms. The molecule has 0 aliphatic carbocycles. The van der Waals surface area contributed by atoms with E-state index in [1.165, 1.54) is 0 Å². The zero-order valence-electron chi connectivity index (χ0n) is 12.8. The highest BCUT2D eigenvalue weighted by atomic mass is 35.5. The van der Waals surface area contributed by atoms with E-state index in [0.717, 1.165) is 0 Å². The van der Waals surface area contributed by atoms with Gasteiger partial charge in [0.25, 0.3) is 5.91 Å². The van der Waals surface area contributed by atoms with Crippen molar-refractivity contribution >= 4 is 23.5 Å². The van der Waals surface area contributed by atoms with Gasteiger partial charge in [0.2, 0.25) is 0 Å². The molecule has 120 valence electrons. The highest BCUT2D eigenvalue weighted by Crippen LogP contribution is 2.15. The molecule has 2 rings (SSSR count). The number of carbonyl (C=O) groups is 2. The van der Waals surface area contributed by atoms with Gasteiger partial charge in [0.05, 0.1) is 0 Å². The van der Waals surface area contributed by atoms with Gasteiger partial charge in [0.15, 0.2) is 6.61 Å². The van der Waals surface area contributed by atoms with Crippen LogP contribution in [0.15, 0.2) is 24.3 Å². The largest absolute Gasteiger partial charge is 0.484 e. The minimum atomic E-state index is -0.0769. The summed E-state index contributed by atoms with van der Waals surface area (Å²) in [5, 5.41) is 0.625. The lowest BCUT2D eigenvalue weighted by Gasteiger charge is -2.35. The molecule has 0 N–H and O–H groups in total. The summed E-state index contributed by atoms with van der Waals surface area (Å²) < 4.78 is 5.45. The topological polar surface area (TPSA) is 53.1 Å². The highest BCUT2D eigenvalue weighted by molar-refractivity contribution is 6.30. The lowest BCUT2D eigenvalue weighted by Crippen LogP contribution is -2.53. The molecule has 1 heterocycles. The fraction of sp³-hybridized carbons (Fsp3) is 0.467. The Labute approximate surface area is 135 Å². The second-order valence-electron chi connectivity index (χ2n) is 5.29. The summed E-state index contributed by atoms with van der Waals surface area (Å²) in [6, 6.07) is 6.86. The lowest BCUT2D eigenvalue weighted by atomic mass is 10.3. The number of ether oxygens (including phenoxy) is 1. The third kappa shape index (κ3) is 4.27. The van der Waals surface area contributed by atoms with Crippen LogP contribution >= 0.6 is 11.6 Å². The van der Waals surface area contributed by atoms with E-state index in [1.54, 1.807) is 53.1 Å². The van der Waals surface area contributed by atoms with Gasteiger partial charge in [-0.3, -0.25) is 4.79 Å². The number of rotatable bonds is 3. The van der Waals surface area contributed by atoms with Crippen LogP contribution in [0.4, 0.5) is 4.79 Å². The Morgan fingerprint density at radius 2 is 1.64 bits per heavy atom. The molecular weight excluding hydrogens is 306 g/mol. The first-order valence-corrected chi connectivity index (χ1v) is 7.47. The first kappa shape index (κ1) is 16.4. The van der Waals surface area contributed by atoms with E-state index in [-0.39, 0.29) is 18.5 Å². The van der Waals surface area contributed by atoms with Gasteiger partial charge in [0, 0.05) is 45.3 Å². The maximum absolute atomic E-state index is 12.1. The van der Waals surface area contributed by atoms with Gasteiger partial charge in [-0.15, -0.1) is 0 Å². The number of amides is 3. The van der Waals surface area contributed by atoms with E-state index >= 15 is 0 Å². The van der Waals surface area contributed by atoms with Gasteiger partial charge in [-0.1, -0.05) is 11.6 Å². The molecule has 22 heavy (non-hydrogen) atoms. The van der Waals surface area contributed by atoms with E-state index in [0.29, 0.717) is 37.0 Å². The van der Waals surface area contributed by atoms with Crippen molar-refractivity contribution in [2.75, 3.05) is 46.9 Å². The van der Waals surface area contributed by atoms with Gasteiger partial charge in [-0.25, -0.2) is 4.79 Å². The average molecular weight is 326 g/mol. The molecule has 0 saturated carbocycles. The minimum Gasteiger partial charge on any atom is -0.484 e. The smallest absolute Gasteiger partial charge is 0.319 e. The monoisotopic (exact) mass is 325 g/mol. The summed E-state index contributed by atoms with van der Waals surface area (Å²) in [4.78, 5) is 28.9. The molecule has 0 bridgehead atoms. The first-order chi connectivity index (χ1) is 10.5. The number of nitrogens with zero attached hydrogens (tertiary/aromatic N) is 3. The second kappa shape index (κ2) is 7.35. The van der Waals surface area contributed by atoms with Crippen molar-refractivity contribution in [3.8, 4) is 5.75 Å². The van der Waals surface area contributed by atoms with Crippen molar-refractivity contribution in [3.63, 3.8) is 0 Å². The zero-order valence-corrected chi connectivity index (χ0v) is 13.5. The molecule has 3 amide bonds. The van der Waals surface area contributed by atoms with Gasteiger partial charge < -0.3 is 19.4 Å². The van der Waals surface area contributed by atoms with Crippen LogP contribution in [0.1, 0.15) is 0 Å². The predicted molar refractivity (Wildman–Crippen MR) is 84.2 cm³/mol. The molecule has 1 aliphatic rings. The van der Waals surface area contributed by atoms with E-state index in [4.69, 9.17) is 16.3 Å². The van der Waals surface area contributed by atoms with E-state index in [1.807, 2.05) is 0 Å². The molecule has 1 saturated heterocycles. The fourth-order valence-electron chi connectivity index (χ4n) is 2.20. The Hall–Kier alpha value is -1.95. The third-order valence-corrected chi connectivity index (χ3v) is 3.71. The standard InChI is InChI=1S/C15H20ClN3O3/c1-17(2)15(21)19-9-7-18(8-10-19)14(20)11-22-13-5-3-12(16)4-6-13/h3-6H,7-11H2,1-2H3.